The lowest BCUT2D eigenvalue weighted by Crippen LogP contribution is -2.43. The van der Waals surface area contributed by atoms with Crippen LogP contribution in [0.1, 0.15) is 49.7 Å². The van der Waals surface area contributed by atoms with Gasteiger partial charge in [0.15, 0.2) is 0 Å². The summed E-state index contributed by atoms with van der Waals surface area (Å²) < 4.78 is 5.51. The number of furan rings is 1. The Kier molecular flexibility index (Phi) is 4.13. The van der Waals surface area contributed by atoms with E-state index >= 15 is 0 Å². The topological polar surface area (TPSA) is 45.4 Å². The first-order valence-electron chi connectivity index (χ1n) is 6.96. The molecule has 0 saturated heterocycles. The molecule has 2 N–H and O–H groups in total. The van der Waals surface area contributed by atoms with Crippen molar-refractivity contribution >= 4 is 0 Å². The fourth-order valence-corrected chi connectivity index (χ4v) is 2.93. The molecule has 2 atom stereocenters. The number of rotatable bonds is 4. The number of hydrogen-bond donors (Lipinski definition) is 2. The summed E-state index contributed by atoms with van der Waals surface area (Å²) in [5.74, 6) is 1.96. The monoisotopic (exact) mass is 251 g/mol. The fraction of sp³-hybridized carbons (Fsp3) is 0.733. The molecule has 1 fully saturated rings. The first-order chi connectivity index (χ1) is 8.51. The van der Waals surface area contributed by atoms with Gasteiger partial charge in [-0.05, 0) is 32.8 Å². The molecule has 0 bridgehead atoms. The van der Waals surface area contributed by atoms with E-state index in [1.165, 1.54) is 12.0 Å². The highest BCUT2D eigenvalue weighted by atomic mass is 16.3. The molecule has 0 aromatic carbocycles. The summed E-state index contributed by atoms with van der Waals surface area (Å²) in [5, 5.41) is 13.6. The molecule has 2 unspecified atom stereocenters. The van der Waals surface area contributed by atoms with Crippen LogP contribution in [0, 0.1) is 19.3 Å². The Labute approximate surface area is 110 Å². The molecule has 1 aromatic rings. The normalized spacial score (nSPS) is 28.6. The van der Waals surface area contributed by atoms with E-state index in [-0.39, 0.29) is 11.5 Å². The van der Waals surface area contributed by atoms with E-state index in [9.17, 15) is 5.11 Å². The van der Waals surface area contributed by atoms with Crippen molar-refractivity contribution in [2.75, 3.05) is 6.54 Å². The van der Waals surface area contributed by atoms with Crippen LogP contribution >= 0.6 is 0 Å². The Hall–Kier alpha value is -0.800. The molecule has 1 saturated carbocycles. The van der Waals surface area contributed by atoms with E-state index < -0.39 is 0 Å². The minimum atomic E-state index is -0.161. The van der Waals surface area contributed by atoms with Gasteiger partial charge in [0, 0.05) is 24.1 Å². The predicted octanol–water partition coefficient (Wildman–Crippen LogP) is 2.93. The quantitative estimate of drug-likeness (QED) is 0.865. The lowest BCUT2D eigenvalue weighted by Gasteiger charge is -2.38. The van der Waals surface area contributed by atoms with Crippen molar-refractivity contribution in [3.05, 3.63) is 23.2 Å². The predicted molar refractivity (Wildman–Crippen MR) is 72.5 cm³/mol. The van der Waals surface area contributed by atoms with Crippen molar-refractivity contribution in [3.8, 4) is 0 Å². The van der Waals surface area contributed by atoms with Crippen LogP contribution < -0.4 is 5.32 Å². The Morgan fingerprint density at radius 1 is 1.44 bits per heavy atom. The van der Waals surface area contributed by atoms with E-state index in [1.54, 1.807) is 0 Å². The van der Waals surface area contributed by atoms with Gasteiger partial charge in [-0.3, -0.25) is 0 Å². The van der Waals surface area contributed by atoms with Gasteiger partial charge in [-0.2, -0.15) is 0 Å². The molecule has 102 valence electrons. The lowest BCUT2D eigenvalue weighted by molar-refractivity contribution is 0.00114. The van der Waals surface area contributed by atoms with Crippen molar-refractivity contribution < 1.29 is 9.52 Å². The minimum Gasteiger partial charge on any atom is -0.466 e. The molecule has 0 spiro atoms. The molecular weight excluding hydrogens is 226 g/mol. The fourth-order valence-electron chi connectivity index (χ4n) is 2.93. The second-order valence-corrected chi connectivity index (χ2v) is 5.96. The van der Waals surface area contributed by atoms with Crippen LogP contribution in [0.3, 0.4) is 0 Å². The van der Waals surface area contributed by atoms with Crippen LogP contribution in [0.4, 0.5) is 0 Å². The molecule has 18 heavy (non-hydrogen) atoms. The highest BCUT2D eigenvalue weighted by Gasteiger charge is 2.34. The Morgan fingerprint density at radius 2 is 2.22 bits per heavy atom. The van der Waals surface area contributed by atoms with Gasteiger partial charge in [0.1, 0.15) is 11.5 Å². The van der Waals surface area contributed by atoms with E-state index in [1.807, 2.05) is 13.8 Å². The number of aryl methyl sites for hydroxylation is 2. The molecule has 3 nitrogen and oxygen atoms in total. The zero-order chi connectivity index (χ0) is 13.2. The lowest BCUT2D eigenvalue weighted by atomic mass is 9.73. The number of aliphatic hydroxyl groups excluding tert-OH is 1. The van der Waals surface area contributed by atoms with Crippen LogP contribution in [0.5, 0.6) is 0 Å². The van der Waals surface area contributed by atoms with E-state index in [0.29, 0.717) is 0 Å². The molecule has 2 rings (SSSR count). The van der Waals surface area contributed by atoms with Gasteiger partial charge < -0.3 is 14.8 Å². The summed E-state index contributed by atoms with van der Waals surface area (Å²) in [5.41, 5.74) is 1.26. The van der Waals surface area contributed by atoms with Gasteiger partial charge in [-0.1, -0.05) is 19.8 Å². The van der Waals surface area contributed by atoms with Gasteiger partial charge in [-0.15, -0.1) is 0 Å². The van der Waals surface area contributed by atoms with Crippen molar-refractivity contribution in [1.29, 1.82) is 0 Å². The minimum absolute atomic E-state index is 0.0327. The zero-order valence-corrected chi connectivity index (χ0v) is 11.8. The second kappa shape index (κ2) is 5.45. The first kappa shape index (κ1) is 13.6. The van der Waals surface area contributed by atoms with Crippen LogP contribution in [0.15, 0.2) is 10.5 Å². The summed E-state index contributed by atoms with van der Waals surface area (Å²) >= 11 is 0. The van der Waals surface area contributed by atoms with Crippen molar-refractivity contribution in [1.82, 2.24) is 5.32 Å². The maximum absolute atomic E-state index is 10.1. The SMILES string of the molecule is Cc1cc(CNCC2(C)CCCCC2O)c(C)o1. The molecule has 0 aliphatic heterocycles. The molecule has 1 aromatic heterocycles. The van der Waals surface area contributed by atoms with Crippen molar-refractivity contribution in [2.24, 2.45) is 5.41 Å². The maximum Gasteiger partial charge on any atom is 0.105 e. The first-order valence-corrected chi connectivity index (χ1v) is 6.96. The van der Waals surface area contributed by atoms with E-state index in [4.69, 9.17) is 4.42 Å². The van der Waals surface area contributed by atoms with Crippen molar-refractivity contribution in [2.45, 2.75) is 59.1 Å². The molecule has 1 aliphatic carbocycles. The number of aliphatic hydroxyl groups is 1. The molecule has 1 aliphatic rings. The van der Waals surface area contributed by atoms with E-state index in [0.717, 1.165) is 43.9 Å². The molecular formula is C15H25NO2. The van der Waals surface area contributed by atoms with Gasteiger partial charge in [0.2, 0.25) is 0 Å². The Bertz CT molecular complexity index is 399. The average Bonchev–Trinajstić information content (AvgIpc) is 2.62. The molecule has 0 amide bonds. The summed E-state index contributed by atoms with van der Waals surface area (Å²) in [6, 6.07) is 2.09. The van der Waals surface area contributed by atoms with Crippen LogP contribution in [0.2, 0.25) is 0 Å². The zero-order valence-electron chi connectivity index (χ0n) is 11.8. The number of nitrogens with one attached hydrogen (secondary N) is 1. The largest absolute Gasteiger partial charge is 0.466 e. The summed E-state index contributed by atoms with van der Waals surface area (Å²) in [4.78, 5) is 0. The third-order valence-corrected chi connectivity index (χ3v) is 4.27. The average molecular weight is 251 g/mol. The third-order valence-electron chi connectivity index (χ3n) is 4.27. The maximum atomic E-state index is 10.1. The molecule has 3 heteroatoms. The smallest absolute Gasteiger partial charge is 0.105 e. The van der Waals surface area contributed by atoms with Gasteiger partial charge in [0.05, 0.1) is 6.10 Å². The standard InChI is InChI=1S/C15H25NO2/c1-11-8-13(12(2)18-11)9-16-10-15(3)7-5-4-6-14(15)17/h8,14,16-17H,4-7,9-10H2,1-3H3. The summed E-state index contributed by atoms with van der Waals surface area (Å²) in [7, 11) is 0. The van der Waals surface area contributed by atoms with Crippen molar-refractivity contribution in [3.63, 3.8) is 0 Å². The highest BCUT2D eigenvalue weighted by molar-refractivity contribution is 5.19. The molecule has 1 heterocycles. The van der Waals surface area contributed by atoms with Crippen LogP contribution in [-0.2, 0) is 6.54 Å². The summed E-state index contributed by atoms with van der Waals surface area (Å²) in [6.45, 7) is 7.87. The van der Waals surface area contributed by atoms with Gasteiger partial charge >= 0.3 is 0 Å². The van der Waals surface area contributed by atoms with Crippen LogP contribution in [-0.4, -0.2) is 17.8 Å². The van der Waals surface area contributed by atoms with Crippen LogP contribution in [0.25, 0.3) is 0 Å². The Balaban J connectivity index is 1.86. The molecule has 0 radical (unpaired) electrons. The Morgan fingerprint density at radius 3 is 2.83 bits per heavy atom. The van der Waals surface area contributed by atoms with E-state index in [2.05, 4.69) is 18.3 Å². The van der Waals surface area contributed by atoms with Gasteiger partial charge in [0.25, 0.3) is 0 Å². The number of hydrogen-bond acceptors (Lipinski definition) is 3. The summed E-state index contributed by atoms with van der Waals surface area (Å²) in [6.07, 6.45) is 4.30. The van der Waals surface area contributed by atoms with Gasteiger partial charge in [-0.25, -0.2) is 0 Å². The third kappa shape index (κ3) is 2.96. The second-order valence-electron chi connectivity index (χ2n) is 5.96. The highest BCUT2D eigenvalue weighted by Crippen LogP contribution is 2.35.